The molecule has 5 heteroatoms. The van der Waals surface area contributed by atoms with Crippen LogP contribution in [0.15, 0.2) is 48.8 Å². The van der Waals surface area contributed by atoms with Crippen molar-refractivity contribution in [3.8, 4) is 11.1 Å². The molecule has 2 N–H and O–H groups in total. The van der Waals surface area contributed by atoms with E-state index < -0.39 is 6.03 Å². The molecule has 3 heterocycles. The molecule has 1 aliphatic rings. The highest BCUT2D eigenvalue weighted by molar-refractivity contribution is 5.90. The Bertz CT molecular complexity index is 893. The molecule has 24 heavy (non-hydrogen) atoms. The molecule has 0 aliphatic carbocycles. The first-order chi connectivity index (χ1) is 11.7. The van der Waals surface area contributed by atoms with Crippen molar-refractivity contribution in [3.63, 3.8) is 0 Å². The molecule has 3 aromatic rings. The Balaban J connectivity index is 1.65. The predicted molar refractivity (Wildman–Crippen MR) is 94.7 cm³/mol. The van der Waals surface area contributed by atoms with Gasteiger partial charge >= 0.3 is 6.03 Å². The molecule has 122 valence electrons. The minimum Gasteiger partial charge on any atom is -0.351 e. The van der Waals surface area contributed by atoms with Crippen molar-refractivity contribution in [1.29, 1.82) is 0 Å². The molecule has 1 saturated heterocycles. The highest BCUT2D eigenvalue weighted by Gasteiger charge is 2.12. The number of pyridine rings is 1. The number of primary amides is 1. The number of hydrogen-bond donors (Lipinski definition) is 1. The third-order valence-corrected chi connectivity index (χ3v) is 4.63. The normalized spacial score (nSPS) is 15.2. The summed E-state index contributed by atoms with van der Waals surface area (Å²) in [7, 11) is 0. The largest absolute Gasteiger partial charge is 0.351 e. The van der Waals surface area contributed by atoms with E-state index in [4.69, 9.17) is 5.73 Å². The average molecular weight is 320 g/mol. The van der Waals surface area contributed by atoms with E-state index in [1.54, 1.807) is 12.4 Å². The molecular weight excluding hydrogens is 300 g/mol. The maximum Gasteiger partial charge on any atom is 0.324 e. The minimum atomic E-state index is -0.516. The van der Waals surface area contributed by atoms with Crippen LogP contribution in [-0.4, -0.2) is 33.6 Å². The van der Waals surface area contributed by atoms with Crippen molar-refractivity contribution < 1.29 is 4.79 Å². The minimum absolute atomic E-state index is 0.516. The Hall–Kier alpha value is -2.66. The number of nitrogens with zero attached hydrogens (tertiary/aromatic N) is 3. The van der Waals surface area contributed by atoms with E-state index >= 15 is 0 Å². The Morgan fingerprint density at radius 1 is 1.12 bits per heavy atom. The summed E-state index contributed by atoms with van der Waals surface area (Å²) in [6.45, 7) is 3.39. The van der Waals surface area contributed by atoms with Gasteiger partial charge < -0.3 is 5.73 Å². The maximum atomic E-state index is 11.4. The van der Waals surface area contributed by atoms with Crippen molar-refractivity contribution in [2.75, 3.05) is 13.1 Å². The fourth-order valence-corrected chi connectivity index (χ4v) is 3.41. The molecule has 4 rings (SSSR count). The first-order valence-corrected chi connectivity index (χ1v) is 8.29. The molecule has 0 saturated carbocycles. The van der Waals surface area contributed by atoms with Crippen LogP contribution < -0.4 is 5.73 Å². The number of hydrogen-bond acceptors (Lipinski definition) is 3. The fraction of sp³-hybridized carbons (Fsp3) is 0.263. The van der Waals surface area contributed by atoms with Crippen molar-refractivity contribution in [2.45, 2.75) is 19.4 Å². The van der Waals surface area contributed by atoms with Gasteiger partial charge in [0.1, 0.15) is 5.65 Å². The molecule has 5 nitrogen and oxygen atoms in total. The SMILES string of the molecule is NC(=O)n1ccc2cc(-c3cccc(CN4CCCC4)c3)cnc21. The molecular formula is C19H20N4O. The fourth-order valence-electron chi connectivity index (χ4n) is 3.41. The molecule has 0 unspecified atom stereocenters. The van der Waals surface area contributed by atoms with E-state index in [0.717, 1.165) is 23.1 Å². The van der Waals surface area contributed by atoms with Crippen LogP contribution in [0.25, 0.3) is 22.2 Å². The summed E-state index contributed by atoms with van der Waals surface area (Å²) in [5.41, 5.74) is 9.47. The Morgan fingerprint density at radius 2 is 1.96 bits per heavy atom. The lowest BCUT2D eigenvalue weighted by Crippen LogP contribution is -2.18. The zero-order valence-corrected chi connectivity index (χ0v) is 13.5. The summed E-state index contributed by atoms with van der Waals surface area (Å²) < 4.78 is 1.36. The monoisotopic (exact) mass is 320 g/mol. The smallest absolute Gasteiger partial charge is 0.324 e. The number of aromatic nitrogens is 2. The van der Waals surface area contributed by atoms with Crippen LogP contribution in [0.4, 0.5) is 4.79 Å². The molecule has 1 amide bonds. The Kier molecular flexibility index (Phi) is 3.78. The molecule has 1 aliphatic heterocycles. The number of carbonyl (C=O) groups excluding carboxylic acids is 1. The highest BCUT2D eigenvalue weighted by atomic mass is 16.2. The molecule has 0 spiro atoms. The number of likely N-dealkylation sites (tertiary alicyclic amines) is 1. The molecule has 1 fully saturated rings. The topological polar surface area (TPSA) is 64.2 Å². The van der Waals surface area contributed by atoms with E-state index in [-0.39, 0.29) is 0 Å². The second-order valence-electron chi connectivity index (χ2n) is 6.34. The van der Waals surface area contributed by atoms with Crippen LogP contribution in [0.5, 0.6) is 0 Å². The summed E-state index contributed by atoms with van der Waals surface area (Å²) in [5.74, 6) is 0. The Morgan fingerprint density at radius 3 is 2.75 bits per heavy atom. The number of benzene rings is 1. The van der Waals surface area contributed by atoms with Crippen LogP contribution in [0.1, 0.15) is 18.4 Å². The van der Waals surface area contributed by atoms with Crippen molar-refractivity contribution >= 4 is 17.1 Å². The number of nitrogens with two attached hydrogens (primary N) is 1. The van der Waals surface area contributed by atoms with Crippen molar-refractivity contribution in [1.82, 2.24) is 14.5 Å². The first kappa shape index (κ1) is 14.9. The molecule has 0 radical (unpaired) electrons. The van der Waals surface area contributed by atoms with E-state index in [1.165, 1.54) is 36.1 Å². The van der Waals surface area contributed by atoms with E-state index in [0.29, 0.717) is 5.65 Å². The van der Waals surface area contributed by atoms with Gasteiger partial charge in [0.05, 0.1) is 0 Å². The standard InChI is InChI=1S/C19H20N4O/c20-19(24)23-9-6-16-11-17(12-21-18(16)23)15-5-3-4-14(10-15)13-22-7-1-2-8-22/h3-6,9-12H,1-2,7-8,13H2,(H2,20,24). The van der Waals surface area contributed by atoms with Gasteiger partial charge in [-0.05, 0) is 55.3 Å². The summed E-state index contributed by atoms with van der Waals surface area (Å²) in [4.78, 5) is 18.3. The first-order valence-electron chi connectivity index (χ1n) is 8.29. The van der Waals surface area contributed by atoms with Crippen LogP contribution in [-0.2, 0) is 6.54 Å². The lowest BCUT2D eigenvalue weighted by molar-refractivity contribution is 0.251. The summed E-state index contributed by atoms with van der Waals surface area (Å²) in [5, 5.41) is 0.913. The van der Waals surface area contributed by atoms with E-state index in [1.807, 2.05) is 6.07 Å². The number of carbonyl (C=O) groups is 1. The van der Waals surface area contributed by atoms with Gasteiger partial charge in [-0.3, -0.25) is 9.47 Å². The number of amides is 1. The van der Waals surface area contributed by atoms with Gasteiger partial charge in [0.25, 0.3) is 0 Å². The third-order valence-electron chi connectivity index (χ3n) is 4.63. The van der Waals surface area contributed by atoms with Crippen LogP contribution in [0.2, 0.25) is 0 Å². The molecule has 0 atom stereocenters. The molecule has 0 bridgehead atoms. The highest BCUT2D eigenvalue weighted by Crippen LogP contribution is 2.25. The summed E-state index contributed by atoms with van der Waals surface area (Å²) in [6, 6.07) is 12.0. The quantitative estimate of drug-likeness (QED) is 0.806. The zero-order valence-electron chi connectivity index (χ0n) is 13.5. The van der Waals surface area contributed by atoms with Gasteiger partial charge in [-0.25, -0.2) is 9.78 Å². The van der Waals surface area contributed by atoms with Gasteiger partial charge in [-0.1, -0.05) is 18.2 Å². The number of fused-ring (bicyclic) bond motifs is 1. The van der Waals surface area contributed by atoms with Gasteiger partial charge in [0.15, 0.2) is 0 Å². The number of rotatable bonds is 3. The second kappa shape index (κ2) is 6.09. The third kappa shape index (κ3) is 2.78. The zero-order chi connectivity index (χ0) is 16.5. The average Bonchev–Trinajstić information content (AvgIpc) is 3.23. The lowest BCUT2D eigenvalue weighted by atomic mass is 10.0. The summed E-state index contributed by atoms with van der Waals surface area (Å²) >= 11 is 0. The van der Waals surface area contributed by atoms with E-state index in [2.05, 4.69) is 40.2 Å². The van der Waals surface area contributed by atoms with Gasteiger partial charge in [-0.2, -0.15) is 0 Å². The van der Waals surface area contributed by atoms with Crippen molar-refractivity contribution in [2.24, 2.45) is 5.73 Å². The molecule has 2 aromatic heterocycles. The summed E-state index contributed by atoms with van der Waals surface area (Å²) in [6.07, 6.45) is 6.07. The van der Waals surface area contributed by atoms with Crippen LogP contribution in [0.3, 0.4) is 0 Å². The van der Waals surface area contributed by atoms with Gasteiger partial charge in [0.2, 0.25) is 0 Å². The second-order valence-corrected chi connectivity index (χ2v) is 6.34. The van der Waals surface area contributed by atoms with Crippen molar-refractivity contribution in [3.05, 3.63) is 54.4 Å². The van der Waals surface area contributed by atoms with Crippen LogP contribution >= 0.6 is 0 Å². The van der Waals surface area contributed by atoms with Gasteiger partial charge in [-0.15, -0.1) is 0 Å². The maximum absolute atomic E-state index is 11.4. The Labute approximate surface area is 140 Å². The lowest BCUT2D eigenvalue weighted by Gasteiger charge is -2.15. The van der Waals surface area contributed by atoms with Crippen LogP contribution in [0, 0.1) is 0 Å². The van der Waals surface area contributed by atoms with Gasteiger partial charge in [0, 0.05) is 29.9 Å². The van der Waals surface area contributed by atoms with E-state index in [9.17, 15) is 4.79 Å². The molecule has 1 aromatic carbocycles. The predicted octanol–water partition coefficient (Wildman–Crippen LogP) is 3.23.